The topological polar surface area (TPSA) is 82.1 Å². The van der Waals surface area contributed by atoms with E-state index in [2.05, 4.69) is 10.1 Å². The van der Waals surface area contributed by atoms with Crippen LogP contribution in [0.25, 0.3) is 11.4 Å². The molecule has 1 aromatic carbocycles. The van der Waals surface area contributed by atoms with Gasteiger partial charge in [-0.25, -0.2) is 0 Å². The summed E-state index contributed by atoms with van der Waals surface area (Å²) in [6.07, 6.45) is 0. The van der Waals surface area contributed by atoms with Gasteiger partial charge >= 0.3 is 11.9 Å². The van der Waals surface area contributed by atoms with Crippen molar-refractivity contribution in [2.75, 3.05) is 5.88 Å². The van der Waals surface area contributed by atoms with Gasteiger partial charge in [0.1, 0.15) is 0 Å². The highest BCUT2D eigenvalue weighted by atomic mass is 35.5. The van der Waals surface area contributed by atoms with Gasteiger partial charge < -0.3 is 4.52 Å². The second-order valence-electron chi connectivity index (χ2n) is 3.28. The van der Waals surface area contributed by atoms with Gasteiger partial charge in [-0.3, -0.25) is 10.1 Å². The molecule has 0 aliphatic rings. The van der Waals surface area contributed by atoms with Crippen molar-refractivity contribution in [3.05, 3.63) is 46.3 Å². The molecular formula is C10H8ClN3O3. The van der Waals surface area contributed by atoms with Crippen LogP contribution < -0.4 is 0 Å². The smallest absolute Gasteiger partial charge is 0.303 e. The molecule has 1 heterocycles. The van der Waals surface area contributed by atoms with Crippen LogP contribution in [0.5, 0.6) is 0 Å². The molecule has 0 saturated heterocycles. The maximum Gasteiger partial charge on any atom is 0.303 e. The van der Waals surface area contributed by atoms with Crippen LogP contribution in [0.2, 0.25) is 0 Å². The van der Waals surface area contributed by atoms with Crippen LogP contribution in [-0.2, 0) is 0 Å². The van der Waals surface area contributed by atoms with Crippen molar-refractivity contribution in [2.45, 2.75) is 6.04 Å². The number of hydrogen-bond acceptors (Lipinski definition) is 5. The Balaban J connectivity index is 2.30. The Kier molecular flexibility index (Phi) is 3.34. The van der Waals surface area contributed by atoms with E-state index in [1.807, 2.05) is 18.2 Å². The molecule has 0 amide bonds. The summed E-state index contributed by atoms with van der Waals surface area (Å²) in [4.78, 5) is 14.1. The Labute approximate surface area is 101 Å². The van der Waals surface area contributed by atoms with Gasteiger partial charge in [0.2, 0.25) is 5.82 Å². The highest BCUT2D eigenvalue weighted by molar-refractivity contribution is 6.18. The van der Waals surface area contributed by atoms with Gasteiger partial charge in [0.15, 0.2) is 0 Å². The number of hydrogen-bond donors (Lipinski definition) is 0. The van der Waals surface area contributed by atoms with Gasteiger partial charge in [-0.1, -0.05) is 35.5 Å². The lowest BCUT2D eigenvalue weighted by molar-refractivity contribution is -0.527. The summed E-state index contributed by atoms with van der Waals surface area (Å²) < 4.78 is 4.85. The number of rotatable bonds is 4. The van der Waals surface area contributed by atoms with Gasteiger partial charge in [0.05, 0.1) is 5.88 Å². The lowest BCUT2D eigenvalue weighted by Crippen LogP contribution is -2.12. The molecule has 17 heavy (non-hydrogen) atoms. The van der Waals surface area contributed by atoms with E-state index < -0.39 is 11.0 Å². The van der Waals surface area contributed by atoms with Crippen LogP contribution in [0.4, 0.5) is 0 Å². The third-order valence-corrected chi connectivity index (χ3v) is 2.45. The van der Waals surface area contributed by atoms with Gasteiger partial charge in [0.25, 0.3) is 0 Å². The van der Waals surface area contributed by atoms with E-state index in [4.69, 9.17) is 16.1 Å². The fourth-order valence-corrected chi connectivity index (χ4v) is 1.53. The Hall–Kier alpha value is -1.95. The first kappa shape index (κ1) is 11.5. The van der Waals surface area contributed by atoms with Crippen molar-refractivity contribution < 1.29 is 9.45 Å². The molecule has 0 bridgehead atoms. The molecule has 0 aliphatic heterocycles. The van der Waals surface area contributed by atoms with Crippen LogP contribution in [0.15, 0.2) is 34.9 Å². The molecule has 6 nitrogen and oxygen atoms in total. The predicted molar refractivity (Wildman–Crippen MR) is 60.2 cm³/mol. The van der Waals surface area contributed by atoms with Gasteiger partial charge in [-0.05, 0) is 0 Å². The van der Waals surface area contributed by atoms with Gasteiger partial charge in [0, 0.05) is 10.5 Å². The fourth-order valence-electron chi connectivity index (χ4n) is 1.29. The summed E-state index contributed by atoms with van der Waals surface area (Å²) in [5, 5.41) is 14.4. The van der Waals surface area contributed by atoms with Crippen molar-refractivity contribution in [2.24, 2.45) is 0 Å². The predicted octanol–water partition coefficient (Wildman–Crippen LogP) is 2.29. The zero-order valence-corrected chi connectivity index (χ0v) is 9.37. The van der Waals surface area contributed by atoms with E-state index in [1.54, 1.807) is 12.1 Å². The third kappa shape index (κ3) is 2.42. The number of halogens is 1. The monoisotopic (exact) mass is 253 g/mol. The average Bonchev–Trinajstić information content (AvgIpc) is 2.80. The van der Waals surface area contributed by atoms with E-state index in [1.165, 1.54) is 0 Å². The minimum atomic E-state index is -1.17. The molecule has 0 fully saturated rings. The van der Waals surface area contributed by atoms with Crippen molar-refractivity contribution in [1.82, 2.24) is 10.1 Å². The van der Waals surface area contributed by atoms with Crippen LogP contribution in [-0.4, -0.2) is 20.9 Å². The third-order valence-electron chi connectivity index (χ3n) is 2.16. The Morgan fingerprint density at radius 3 is 2.71 bits per heavy atom. The summed E-state index contributed by atoms with van der Waals surface area (Å²) in [6.45, 7) is 0. The SMILES string of the molecule is O=[N+]([O-])C(CCl)c1nc(-c2ccccc2)no1. The molecule has 88 valence electrons. The largest absolute Gasteiger partial charge is 0.331 e. The minimum absolute atomic E-state index is 0.0798. The summed E-state index contributed by atoms with van der Waals surface area (Å²) >= 11 is 5.48. The minimum Gasteiger partial charge on any atom is -0.331 e. The Morgan fingerprint density at radius 1 is 1.41 bits per heavy atom. The molecule has 7 heteroatoms. The van der Waals surface area contributed by atoms with Crippen molar-refractivity contribution in [3.8, 4) is 11.4 Å². The second-order valence-corrected chi connectivity index (χ2v) is 3.59. The molecule has 1 unspecified atom stereocenters. The number of aromatic nitrogens is 2. The van der Waals surface area contributed by atoms with Crippen LogP contribution in [0, 0.1) is 10.1 Å². The summed E-state index contributed by atoms with van der Waals surface area (Å²) in [5.41, 5.74) is 0.735. The van der Waals surface area contributed by atoms with Crippen LogP contribution in [0.1, 0.15) is 11.9 Å². The van der Waals surface area contributed by atoms with E-state index in [0.717, 1.165) is 5.56 Å². The second kappa shape index (κ2) is 4.92. The van der Waals surface area contributed by atoms with Crippen molar-refractivity contribution >= 4 is 11.6 Å². The standard InChI is InChI=1S/C10H8ClN3O3/c11-6-8(14(15)16)10-12-9(13-17-10)7-4-2-1-3-5-7/h1-5,8H,6H2. The van der Waals surface area contributed by atoms with Gasteiger partial charge in [-0.2, -0.15) is 4.98 Å². The van der Waals surface area contributed by atoms with Crippen LogP contribution >= 0.6 is 11.6 Å². The molecular weight excluding hydrogens is 246 g/mol. The number of alkyl halides is 1. The number of nitro groups is 1. The first-order valence-corrected chi connectivity index (χ1v) is 5.34. The fraction of sp³-hybridized carbons (Fsp3) is 0.200. The lowest BCUT2D eigenvalue weighted by atomic mass is 10.2. The summed E-state index contributed by atoms with van der Waals surface area (Å²) in [6, 6.07) is 7.90. The molecule has 0 saturated carbocycles. The molecule has 0 spiro atoms. The normalized spacial score (nSPS) is 12.3. The summed E-state index contributed by atoms with van der Waals surface area (Å²) in [7, 11) is 0. The zero-order chi connectivity index (χ0) is 12.3. The van der Waals surface area contributed by atoms with E-state index >= 15 is 0 Å². The molecule has 0 radical (unpaired) electrons. The van der Waals surface area contributed by atoms with E-state index in [-0.39, 0.29) is 11.8 Å². The van der Waals surface area contributed by atoms with Gasteiger partial charge in [-0.15, -0.1) is 11.6 Å². The maximum absolute atomic E-state index is 10.7. The maximum atomic E-state index is 10.7. The van der Waals surface area contributed by atoms with E-state index in [9.17, 15) is 10.1 Å². The highest BCUT2D eigenvalue weighted by Crippen LogP contribution is 2.20. The lowest BCUT2D eigenvalue weighted by Gasteiger charge is -1.98. The van der Waals surface area contributed by atoms with E-state index in [0.29, 0.717) is 5.82 Å². The first-order valence-electron chi connectivity index (χ1n) is 4.81. The van der Waals surface area contributed by atoms with Crippen molar-refractivity contribution in [3.63, 3.8) is 0 Å². The first-order chi connectivity index (χ1) is 8.22. The molecule has 2 aromatic rings. The summed E-state index contributed by atoms with van der Waals surface area (Å²) in [5.74, 6) is 0.0325. The highest BCUT2D eigenvalue weighted by Gasteiger charge is 2.28. The molecule has 0 N–H and O–H groups in total. The van der Waals surface area contributed by atoms with Crippen LogP contribution in [0.3, 0.4) is 0 Å². The Morgan fingerprint density at radius 2 is 2.12 bits per heavy atom. The molecule has 1 atom stereocenters. The molecule has 2 rings (SSSR count). The number of nitrogens with zero attached hydrogens (tertiary/aromatic N) is 3. The Bertz CT molecular complexity index is 515. The van der Waals surface area contributed by atoms with Crippen molar-refractivity contribution in [1.29, 1.82) is 0 Å². The molecule has 0 aliphatic carbocycles. The average molecular weight is 254 g/mol. The molecule has 1 aromatic heterocycles. The quantitative estimate of drug-likeness (QED) is 0.474. The number of benzene rings is 1. The zero-order valence-electron chi connectivity index (χ0n) is 8.62.